The SMILES string of the molecule is CN=C(C)NC(C)CN(C)C. The predicted octanol–water partition coefficient (Wildman–Crippen LogP) is 0.574. The molecule has 66 valence electrons. The van der Waals surface area contributed by atoms with Crippen LogP contribution in [0.1, 0.15) is 13.8 Å². The average Bonchev–Trinajstić information content (AvgIpc) is 1.85. The number of hydrogen-bond acceptors (Lipinski definition) is 2. The summed E-state index contributed by atoms with van der Waals surface area (Å²) < 4.78 is 0. The maximum Gasteiger partial charge on any atom is 0.0930 e. The standard InChI is InChI=1S/C8H19N3/c1-7(6-11(4)5)10-8(2)9-3/h7H,6H2,1-5H3,(H,9,10). The van der Waals surface area contributed by atoms with E-state index in [-0.39, 0.29) is 0 Å². The molecule has 0 aliphatic rings. The molecule has 0 saturated heterocycles. The predicted molar refractivity (Wildman–Crippen MR) is 50.2 cm³/mol. The van der Waals surface area contributed by atoms with E-state index in [0.29, 0.717) is 6.04 Å². The molecular formula is C8H19N3. The summed E-state index contributed by atoms with van der Waals surface area (Å²) in [5.74, 6) is 0.999. The van der Waals surface area contributed by atoms with Crippen LogP contribution in [0.5, 0.6) is 0 Å². The lowest BCUT2D eigenvalue weighted by Crippen LogP contribution is -2.38. The third-order valence-corrected chi connectivity index (χ3v) is 1.43. The number of hydrogen-bond donors (Lipinski definition) is 1. The van der Waals surface area contributed by atoms with Crippen molar-refractivity contribution in [2.24, 2.45) is 4.99 Å². The van der Waals surface area contributed by atoms with Gasteiger partial charge in [0.2, 0.25) is 0 Å². The van der Waals surface area contributed by atoms with Crippen molar-refractivity contribution in [3.8, 4) is 0 Å². The Morgan fingerprint density at radius 2 is 2.09 bits per heavy atom. The van der Waals surface area contributed by atoms with Crippen molar-refractivity contribution in [2.45, 2.75) is 19.9 Å². The van der Waals surface area contributed by atoms with Crippen molar-refractivity contribution in [3.63, 3.8) is 0 Å². The van der Waals surface area contributed by atoms with Crippen molar-refractivity contribution in [1.82, 2.24) is 10.2 Å². The highest BCUT2D eigenvalue weighted by Gasteiger charge is 2.01. The lowest BCUT2D eigenvalue weighted by Gasteiger charge is -2.18. The number of nitrogens with zero attached hydrogens (tertiary/aromatic N) is 2. The van der Waals surface area contributed by atoms with Crippen molar-refractivity contribution in [2.75, 3.05) is 27.7 Å². The molecule has 0 amide bonds. The van der Waals surface area contributed by atoms with E-state index in [0.717, 1.165) is 12.4 Å². The highest BCUT2D eigenvalue weighted by atomic mass is 15.1. The first-order chi connectivity index (χ1) is 5.06. The Kier molecular flexibility index (Phi) is 4.86. The Hall–Kier alpha value is -0.570. The van der Waals surface area contributed by atoms with Gasteiger partial charge in [0.25, 0.3) is 0 Å². The molecule has 0 aromatic rings. The third kappa shape index (κ3) is 5.85. The lowest BCUT2D eigenvalue weighted by molar-refractivity contribution is 0.370. The largest absolute Gasteiger partial charge is 0.370 e. The zero-order valence-corrected chi connectivity index (χ0v) is 8.18. The fourth-order valence-electron chi connectivity index (χ4n) is 1.01. The summed E-state index contributed by atoms with van der Waals surface area (Å²) in [6.45, 7) is 5.16. The molecule has 3 nitrogen and oxygen atoms in total. The minimum Gasteiger partial charge on any atom is -0.370 e. The molecule has 0 rings (SSSR count). The number of aliphatic imine (C=N–C) groups is 1. The van der Waals surface area contributed by atoms with E-state index in [2.05, 4.69) is 36.2 Å². The fourth-order valence-corrected chi connectivity index (χ4v) is 1.01. The summed E-state index contributed by atoms with van der Waals surface area (Å²) in [6.07, 6.45) is 0. The second-order valence-corrected chi connectivity index (χ2v) is 3.12. The first kappa shape index (κ1) is 10.4. The maximum absolute atomic E-state index is 4.02. The molecule has 0 heterocycles. The average molecular weight is 157 g/mol. The lowest BCUT2D eigenvalue weighted by atomic mass is 10.3. The van der Waals surface area contributed by atoms with Gasteiger partial charge in [0, 0.05) is 19.6 Å². The monoisotopic (exact) mass is 157 g/mol. The van der Waals surface area contributed by atoms with Crippen LogP contribution in [0.2, 0.25) is 0 Å². The molecule has 3 heteroatoms. The Bertz CT molecular complexity index is 129. The van der Waals surface area contributed by atoms with E-state index < -0.39 is 0 Å². The molecule has 0 aliphatic heterocycles. The van der Waals surface area contributed by atoms with Gasteiger partial charge in [-0.15, -0.1) is 0 Å². The zero-order valence-electron chi connectivity index (χ0n) is 8.18. The summed E-state index contributed by atoms with van der Waals surface area (Å²) >= 11 is 0. The molecule has 0 aliphatic carbocycles. The highest BCUT2D eigenvalue weighted by molar-refractivity contribution is 5.79. The first-order valence-corrected chi connectivity index (χ1v) is 3.91. The smallest absolute Gasteiger partial charge is 0.0930 e. The van der Waals surface area contributed by atoms with Crippen LogP contribution in [-0.4, -0.2) is 44.5 Å². The minimum absolute atomic E-state index is 0.466. The van der Waals surface area contributed by atoms with Crippen molar-refractivity contribution < 1.29 is 0 Å². The van der Waals surface area contributed by atoms with E-state index in [4.69, 9.17) is 0 Å². The van der Waals surface area contributed by atoms with E-state index in [1.807, 2.05) is 6.92 Å². The summed E-state index contributed by atoms with van der Waals surface area (Å²) in [6, 6.07) is 0.466. The number of amidine groups is 1. The zero-order chi connectivity index (χ0) is 8.85. The van der Waals surface area contributed by atoms with E-state index in [1.54, 1.807) is 7.05 Å². The van der Waals surface area contributed by atoms with Gasteiger partial charge in [0.15, 0.2) is 0 Å². The van der Waals surface area contributed by atoms with Gasteiger partial charge in [0.1, 0.15) is 0 Å². The van der Waals surface area contributed by atoms with Crippen LogP contribution >= 0.6 is 0 Å². The molecule has 0 aromatic heterocycles. The second kappa shape index (κ2) is 5.13. The highest BCUT2D eigenvalue weighted by Crippen LogP contribution is 1.84. The number of likely N-dealkylation sites (N-methyl/N-ethyl adjacent to an activating group) is 1. The minimum atomic E-state index is 0.466. The number of nitrogens with one attached hydrogen (secondary N) is 1. The molecule has 1 atom stereocenters. The van der Waals surface area contributed by atoms with Crippen LogP contribution in [0.15, 0.2) is 4.99 Å². The van der Waals surface area contributed by atoms with Crippen molar-refractivity contribution >= 4 is 5.84 Å². The normalized spacial score (nSPS) is 15.3. The third-order valence-electron chi connectivity index (χ3n) is 1.43. The van der Waals surface area contributed by atoms with Crippen LogP contribution in [0.3, 0.4) is 0 Å². The Balaban J connectivity index is 3.60. The molecule has 1 N–H and O–H groups in total. The van der Waals surface area contributed by atoms with Gasteiger partial charge in [-0.05, 0) is 27.9 Å². The maximum atomic E-state index is 4.02. The molecule has 0 bridgehead atoms. The van der Waals surface area contributed by atoms with E-state index in [1.165, 1.54) is 0 Å². The Morgan fingerprint density at radius 1 is 1.55 bits per heavy atom. The molecule has 0 fully saturated rings. The summed E-state index contributed by atoms with van der Waals surface area (Å²) in [5.41, 5.74) is 0. The van der Waals surface area contributed by atoms with Gasteiger partial charge >= 0.3 is 0 Å². The molecule has 1 unspecified atom stereocenters. The first-order valence-electron chi connectivity index (χ1n) is 3.91. The van der Waals surface area contributed by atoms with Gasteiger partial charge in [-0.3, -0.25) is 4.99 Å². The second-order valence-electron chi connectivity index (χ2n) is 3.12. The molecular weight excluding hydrogens is 138 g/mol. The number of rotatable bonds is 3. The molecule has 0 saturated carbocycles. The Labute approximate surface area is 69.5 Å². The van der Waals surface area contributed by atoms with Crippen LogP contribution < -0.4 is 5.32 Å². The van der Waals surface area contributed by atoms with E-state index >= 15 is 0 Å². The molecule has 0 spiro atoms. The van der Waals surface area contributed by atoms with E-state index in [9.17, 15) is 0 Å². The van der Waals surface area contributed by atoms with Gasteiger partial charge in [0.05, 0.1) is 5.84 Å². The van der Waals surface area contributed by atoms with Gasteiger partial charge < -0.3 is 10.2 Å². The summed E-state index contributed by atoms with van der Waals surface area (Å²) in [4.78, 5) is 6.18. The molecule has 11 heavy (non-hydrogen) atoms. The van der Waals surface area contributed by atoms with Gasteiger partial charge in [-0.1, -0.05) is 0 Å². The summed E-state index contributed by atoms with van der Waals surface area (Å²) in [5, 5.41) is 3.27. The summed E-state index contributed by atoms with van der Waals surface area (Å²) in [7, 11) is 5.93. The fraction of sp³-hybridized carbons (Fsp3) is 0.875. The van der Waals surface area contributed by atoms with Gasteiger partial charge in [-0.25, -0.2) is 0 Å². The topological polar surface area (TPSA) is 27.6 Å². The van der Waals surface area contributed by atoms with Crippen LogP contribution in [0.25, 0.3) is 0 Å². The van der Waals surface area contributed by atoms with Gasteiger partial charge in [-0.2, -0.15) is 0 Å². The quantitative estimate of drug-likeness (QED) is 0.479. The molecule has 0 aromatic carbocycles. The molecule has 0 radical (unpaired) electrons. The van der Waals surface area contributed by atoms with Crippen LogP contribution in [0, 0.1) is 0 Å². The van der Waals surface area contributed by atoms with Crippen molar-refractivity contribution in [1.29, 1.82) is 0 Å². The Morgan fingerprint density at radius 3 is 2.45 bits per heavy atom. The van der Waals surface area contributed by atoms with Crippen molar-refractivity contribution in [3.05, 3.63) is 0 Å². The van der Waals surface area contributed by atoms with Crippen LogP contribution in [-0.2, 0) is 0 Å². The van der Waals surface area contributed by atoms with Crippen LogP contribution in [0.4, 0.5) is 0 Å².